The summed E-state index contributed by atoms with van der Waals surface area (Å²) in [5.41, 5.74) is 3.64. The normalized spacial score (nSPS) is 17.1. The minimum atomic E-state index is -0.0413. The second kappa shape index (κ2) is 6.13. The maximum Gasteiger partial charge on any atom is 0.254 e. The van der Waals surface area contributed by atoms with Gasteiger partial charge in [0.2, 0.25) is 0 Å². The highest BCUT2D eigenvalue weighted by atomic mass is 16.2. The number of carbonyl (C=O) groups excluding carboxylic acids is 1. The van der Waals surface area contributed by atoms with Gasteiger partial charge in [-0.15, -0.1) is 0 Å². The summed E-state index contributed by atoms with van der Waals surface area (Å²) in [4.78, 5) is 19.3. The van der Waals surface area contributed by atoms with Crippen molar-refractivity contribution in [3.8, 4) is 11.3 Å². The van der Waals surface area contributed by atoms with E-state index in [1.807, 2.05) is 48.2 Å². The highest BCUT2D eigenvalue weighted by molar-refractivity contribution is 5.97. The topological polar surface area (TPSA) is 45.2 Å². The third-order valence-electron chi connectivity index (χ3n) is 4.36. The number of hydrogen-bond acceptors (Lipinski definition) is 3. The van der Waals surface area contributed by atoms with Crippen LogP contribution in [0, 0.1) is 6.92 Å². The second-order valence-electron chi connectivity index (χ2n) is 6.73. The number of amides is 1. The molecule has 1 aliphatic heterocycles. The smallest absolute Gasteiger partial charge is 0.254 e. The number of aromatic nitrogens is 1. The van der Waals surface area contributed by atoms with Crippen molar-refractivity contribution in [1.29, 1.82) is 0 Å². The first-order valence-electron chi connectivity index (χ1n) is 8.03. The first-order chi connectivity index (χ1) is 11.0. The fraction of sp³-hybridized carbons (Fsp3) is 0.368. The molecule has 1 fully saturated rings. The molecule has 1 N–H and O–H groups in total. The fourth-order valence-electron chi connectivity index (χ4n) is 3.15. The largest absolute Gasteiger partial charge is 0.336 e. The predicted molar refractivity (Wildman–Crippen MR) is 92.4 cm³/mol. The van der Waals surface area contributed by atoms with Crippen LogP contribution in [0.3, 0.4) is 0 Å². The lowest BCUT2D eigenvalue weighted by atomic mass is 9.97. The van der Waals surface area contributed by atoms with Crippen LogP contribution >= 0.6 is 0 Å². The summed E-state index contributed by atoms with van der Waals surface area (Å²) < 4.78 is 0. The Kier molecular flexibility index (Phi) is 4.18. The molecule has 1 saturated heterocycles. The molecule has 1 aromatic carbocycles. The summed E-state index contributed by atoms with van der Waals surface area (Å²) in [6, 6.07) is 11.7. The Bertz CT molecular complexity index is 710. The SMILES string of the molecule is Cc1c(C(=O)N2CCNC(C)(C)C2)cccc1-c1ccccn1. The van der Waals surface area contributed by atoms with Crippen LogP contribution in [0.5, 0.6) is 0 Å². The zero-order chi connectivity index (χ0) is 16.4. The standard InChI is InChI=1S/C19H23N3O/c1-14-15(17-9-4-5-10-20-17)7-6-8-16(14)18(23)22-12-11-21-19(2,3)13-22/h4-10,21H,11-13H2,1-3H3. The van der Waals surface area contributed by atoms with E-state index in [9.17, 15) is 4.79 Å². The summed E-state index contributed by atoms with van der Waals surface area (Å²) in [6.45, 7) is 8.56. The van der Waals surface area contributed by atoms with Crippen LogP contribution in [0.4, 0.5) is 0 Å². The number of pyridine rings is 1. The van der Waals surface area contributed by atoms with E-state index >= 15 is 0 Å². The van der Waals surface area contributed by atoms with Gasteiger partial charge < -0.3 is 10.2 Å². The summed E-state index contributed by atoms with van der Waals surface area (Å²) in [6.07, 6.45) is 1.78. The quantitative estimate of drug-likeness (QED) is 0.928. The summed E-state index contributed by atoms with van der Waals surface area (Å²) in [7, 11) is 0. The van der Waals surface area contributed by atoms with Crippen LogP contribution in [0.25, 0.3) is 11.3 Å². The van der Waals surface area contributed by atoms with E-state index in [2.05, 4.69) is 24.1 Å². The molecule has 0 radical (unpaired) electrons. The molecular weight excluding hydrogens is 286 g/mol. The molecule has 0 unspecified atom stereocenters. The van der Waals surface area contributed by atoms with Crippen molar-refractivity contribution >= 4 is 5.91 Å². The maximum absolute atomic E-state index is 13.0. The van der Waals surface area contributed by atoms with Gasteiger partial charge in [0.05, 0.1) is 5.69 Å². The lowest BCUT2D eigenvalue weighted by molar-refractivity contribution is 0.0651. The third-order valence-corrected chi connectivity index (χ3v) is 4.36. The van der Waals surface area contributed by atoms with Crippen LogP contribution < -0.4 is 5.32 Å². The summed E-state index contributed by atoms with van der Waals surface area (Å²) in [5, 5.41) is 3.44. The Balaban J connectivity index is 1.93. The molecular formula is C19H23N3O. The molecule has 4 nitrogen and oxygen atoms in total. The molecule has 2 aromatic rings. The molecule has 1 aliphatic rings. The van der Waals surface area contributed by atoms with Gasteiger partial charge in [-0.05, 0) is 44.5 Å². The van der Waals surface area contributed by atoms with E-state index in [0.717, 1.165) is 42.0 Å². The first kappa shape index (κ1) is 15.7. The van der Waals surface area contributed by atoms with E-state index in [1.54, 1.807) is 6.20 Å². The number of rotatable bonds is 2. The molecule has 2 heterocycles. The number of hydrogen-bond donors (Lipinski definition) is 1. The lowest BCUT2D eigenvalue weighted by Gasteiger charge is -2.39. The van der Waals surface area contributed by atoms with Gasteiger partial charge >= 0.3 is 0 Å². The molecule has 0 saturated carbocycles. The number of benzene rings is 1. The molecule has 23 heavy (non-hydrogen) atoms. The number of carbonyl (C=O) groups is 1. The minimum absolute atomic E-state index is 0.0413. The molecule has 0 bridgehead atoms. The van der Waals surface area contributed by atoms with Crippen molar-refractivity contribution in [2.75, 3.05) is 19.6 Å². The molecule has 4 heteroatoms. The van der Waals surface area contributed by atoms with Gasteiger partial charge in [-0.2, -0.15) is 0 Å². The van der Waals surface area contributed by atoms with Crippen molar-refractivity contribution in [3.63, 3.8) is 0 Å². The van der Waals surface area contributed by atoms with Crippen LogP contribution in [-0.2, 0) is 0 Å². The number of nitrogens with one attached hydrogen (secondary N) is 1. The van der Waals surface area contributed by atoms with Gasteiger partial charge in [0.1, 0.15) is 0 Å². The molecule has 3 rings (SSSR count). The third kappa shape index (κ3) is 3.27. The van der Waals surface area contributed by atoms with Gasteiger partial charge in [-0.25, -0.2) is 0 Å². The average molecular weight is 309 g/mol. The maximum atomic E-state index is 13.0. The van der Waals surface area contributed by atoms with Crippen LogP contribution in [0.1, 0.15) is 29.8 Å². The Hall–Kier alpha value is -2.20. The number of nitrogens with zero attached hydrogens (tertiary/aromatic N) is 2. The Morgan fingerprint density at radius 3 is 2.74 bits per heavy atom. The van der Waals surface area contributed by atoms with Crippen molar-refractivity contribution in [1.82, 2.24) is 15.2 Å². The van der Waals surface area contributed by atoms with Crippen LogP contribution in [0.2, 0.25) is 0 Å². The van der Waals surface area contributed by atoms with Gasteiger partial charge in [0.15, 0.2) is 0 Å². The monoisotopic (exact) mass is 309 g/mol. The average Bonchev–Trinajstić information content (AvgIpc) is 2.54. The van der Waals surface area contributed by atoms with Crippen molar-refractivity contribution in [2.45, 2.75) is 26.3 Å². The zero-order valence-electron chi connectivity index (χ0n) is 14.0. The highest BCUT2D eigenvalue weighted by Gasteiger charge is 2.29. The Morgan fingerprint density at radius 1 is 1.22 bits per heavy atom. The van der Waals surface area contributed by atoms with E-state index in [1.165, 1.54) is 0 Å². The second-order valence-corrected chi connectivity index (χ2v) is 6.73. The Labute approximate surface area is 137 Å². The van der Waals surface area contributed by atoms with E-state index in [-0.39, 0.29) is 11.4 Å². The van der Waals surface area contributed by atoms with Gasteiger partial charge in [0, 0.05) is 42.5 Å². The van der Waals surface area contributed by atoms with Gasteiger partial charge in [-0.1, -0.05) is 18.2 Å². The van der Waals surface area contributed by atoms with Crippen molar-refractivity contribution in [3.05, 3.63) is 53.7 Å². The minimum Gasteiger partial charge on any atom is -0.336 e. The van der Waals surface area contributed by atoms with Crippen molar-refractivity contribution < 1.29 is 4.79 Å². The molecule has 120 valence electrons. The molecule has 0 atom stereocenters. The van der Waals surface area contributed by atoms with E-state index in [0.29, 0.717) is 0 Å². The summed E-state index contributed by atoms with van der Waals surface area (Å²) in [5.74, 6) is 0.106. The Morgan fingerprint density at radius 2 is 2.04 bits per heavy atom. The zero-order valence-corrected chi connectivity index (χ0v) is 14.0. The predicted octanol–water partition coefficient (Wildman–Crippen LogP) is 2.88. The fourth-order valence-corrected chi connectivity index (χ4v) is 3.15. The molecule has 0 aliphatic carbocycles. The highest BCUT2D eigenvalue weighted by Crippen LogP contribution is 2.25. The number of piperazine rings is 1. The van der Waals surface area contributed by atoms with Gasteiger partial charge in [0.25, 0.3) is 5.91 Å². The van der Waals surface area contributed by atoms with Gasteiger partial charge in [-0.3, -0.25) is 9.78 Å². The molecule has 1 amide bonds. The molecule has 1 aromatic heterocycles. The van der Waals surface area contributed by atoms with E-state index in [4.69, 9.17) is 0 Å². The molecule has 0 spiro atoms. The summed E-state index contributed by atoms with van der Waals surface area (Å²) >= 11 is 0. The van der Waals surface area contributed by atoms with Crippen LogP contribution in [0.15, 0.2) is 42.6 Å². The first-order valence-corrected chi connectivity index (χ1v) is 8.03. The lowest BCUT2D eigenvalue weighted by Crippen LogP contribution is -2.58. The van der Waals surface area contributed by atoms with Crippen LogP contribution in [-0.4, -0.2) is 41.0 Å². The van der Waals surface area contributed by atoms with Crippen molar-refractivity contribution in [2.24, 2.45) is 0 Å². The van der Waals surface area contributed by atoms with E-state index < -0.39 is 0 Å².